The van der Waals surface area contributed by atoms with Gasteiger partial charge in [-0.05, 0) is 28.9 Å². The number of alkyl halides is 3. The zero-order valence-electron chi connectivity index (χ0n) is 11.5. The first-order chi connectivity index (χ1) is 10.6. The molecule has 1 N–H and O–H groups in total. The van der Waals surface area contributed by atoms with Crippen molar-refractivity contribution in [2.75, 3.05) is 6.61 Å². The van der Waals surface area contributed by atoms with Crippen LogP contribution in [0.2, 0.25) is 0 Å². The minimum Gasteiger partial charge on any atom is -0.507 e. The predicted molar refractivity (Wildman–Crippen MR) is 75.3 cm³/mol. The molecule has 5 nitrogen and oxygen atoms in total. The van der Waals surface area contributed by atoms with Crippen molar-refractivity contribution >= 4 is 15.9 Å². The van der Waals surface area contributed by atoms with E-state index < -0.39 is 40.7 Å². The standard InChI is InChI=1S/C13H9BrF4N2O3/c1-2-23-12-19-10(13(16,17)18)5-11(22)20(12)8-4-9(21)6(14)3-7(8)15/h3-5,21H,2H2,1H3. The lowest BCUT2D eigenvalue weighted by molar-refractivity contribution is -0.141. The lowest BCUT2D eigenvalue weighted by Crippen LogP contribution is -2.25. The average molecular weight is 397 g/mol. The molecular formula is C13H9BrF4N2O3. The highest BCUT2D eigenvalue weighted by atomic mass is 79.9. The number of hydrogen-bond acceptors (Lipinski definition) is 4. The molecule has 0 fully saturated rings. The van der Waals surface area contributed by atoms with Crippen LogP contribution in [-0.2, 0) is 6.18 Å². The molecule has 0 aliphatic carbocycles. The molecule has 0 atom stereocenters. The molecule has 23 heavy (non-hydrogen) atoms. The first-order valence-electron chi connectivity index (χ1n) is 6.17. The Morgan fingerprint density at radius 3 is 2.57 bits per heavy atom. The summed E-state index contributed by atoms with van der Waals surface area (Å²) in [4.78, 5) is 15.2. The Labute approximate surface area is 135 Å². The second-order valence-corrected chi connectivity index (χ2v) is 5.14. The minimum absolute atomic E-state index is 0.0182. The number of ether oxygens (including phenoxy) is 1. The summed E-state index contributed by atoms with van der Waals surface area (Å²) in [5.41, 5.74) is -3.14. The largest absolute Gasteiger partial charge is 0.507 e. The number of benzene rings is 1. The van der Waals surface area contributed by atoms with E-state index in [9.17, 15) is 27.5 Å². The van der Waals surface area contributed by atoms with Gasteiger partial charge in [-0.1, -0.05) is 0 Å². The van der Waals surface area contributed by atoms with Gasteiger partial charge in [0, 0.05) is 12.1 Å². The molecule has 10 heteroatoms. The molecule has 0 saturated carbocycles. The van der Waals surface area contributed by atoms with Crippen LogP contribution >= 0.6 is 15.9 Å². The molecule has 0 saturated heterocycles. The number of hydrogen-bond donors (Lipinski definition) is 1. The molecule has 1 aromatic heterocycles. The van der Waals surface area contributed by atoms with Gasteiger partial charge in [-0.3, -0.25) is 4.79 Å². The Morgan fingerprint density at radius 1 is 1.35 bits per heavy atom. The summed E-state index contributed by atoms with van der Waals surface area (Å²) in [6.07, 6.45) is -4.86. The van der Waals surface area contributed by atoms with E-state index in [-0.39, 0.29) is 17.1 Å². The van der Waals surface area contributed by atoms with Gasteiger partial charge in [-0.25, -0.2) is 8.96 Å². The summed E-state index contributed by atoms with van der Waals surface area (Å²) in [6, 6.07) is 1.23. The van der Waals surface area contributed by atoms with E-state index in [1.807, 2.05) is 0 Å². The van der Waals surface area contributed by atoms with Crippen LogP contribution in [0.5, 0.6) is 11.8 Å². The van der Waals surface area contributed by atoms with Gasteiger partial charge in [0.05, 0.1) is 16.8 Å². The van der Waals surface area contributed by atoms with Crippen LogP contribution in [0.4, 0.5) is 17.6 Å². The number of rotatable bonds is 3. The smallest absolute Gasteiger partial charge is 0.433 e. The zero-order chi connectivity index (χ0) is 17.4. The van der Waals surface area contributed by atoms with E-state index >= 15 is 0 Å². The third-order valence-corrected chi connectivity index (χ3v) is 3.34. The monoisotopic (exact) mass is 396 g/mol. The van der Waals surface area contributed by atoms with E-state index in [0.717, 1.165) is 12.1 Å². The summed E-state index contributed by atoms with van der Waals surface area (Å²) in [5.74, 6) is -1.37. The zero-order valence-corrected chi connectivity index (χ0v) is 13.1. The fraction of sp³-hybridized carbons (Fsp3) is 0.231. The highest BCUT2D eigenvalue weighted by Gasteiger charge is 2.35. The first kappa shape index (κ1) is 17.3. The molecule has 0 unspecified atom stereocenters. The van der Waals surface area contributed by atoms with Crippen molar-refractivity contribution in [2.24, 2.45) is 0 Å². The van der Waals surface area contributed by atoms with Crippen LogP contribution in [0.3, 0.4) is 0 Å². The lowest BCUT2D eigenvalue weighted by Gasteiger charge is -2.15. The lowest BCUT2D eigenvalue weighted by atomic mass is 10.2. The van der Waals surface area contributed by atoms with E-state index in [1.54, 1.807) is 0 Å². The van der Waals surface area contributed by atoms with Gasteiger partial charge >= 0.3 is 12.2 Å². The van der Waals surface area contributed by atoms with Crippen molar-refractivity contribution in [2.45, 2.75) is 13.1 Å². The molecule has 0 aliphatic rings. The van der Waals surface area contributed by atoms with Crippen LogP contribution < -0.4 is 10.3 Å². The molecule has 0 bridgehead atoms. The number of phenolic OH excluding ortho intramolecular Hbond substituents is 1. The summed E-state index contributed by atoms with van der Waals surface area (Å²) >= 11 is 2.89. The average Bonchev–Trinajstić information content (AvgIpc) is 2.42. The van der Waals surface area contributed by atoms with Crippen molar-refractivity contribution in [1.82, 2.24) is 9.55 Å². The molecule has 0 aliphatic heterocycles. The van der Waals surface area contributed by atoms with Crippen molar-refractivity contribution in [3.63, 3.8) is 0 Å². The Bertz CT molecular complexity index is 805. The maximum Gasteiger partial charge on any atom is 0.433 e. The molecule has 1 aromatic carbocycles. The van der Waals surface area contributed by atoms with Gasteiger partial charge in [0.15, 0.2) is 5.69 Å². The maximum atomic E-state index is 14.0. The van der Waals surface area contributed by atoms with Gasteiger partial charge in [0.25, 0.3) is 5.56 Å². The van der Waals surface area contributed by atoms with E-state index in [4.69, 9.17) is 4.74 Å². The second kappa shape index (κ2) is 6.19. The van der Waals surface area contributed by atoms with E-state index in [0.29, 0.717) is 4.57 Å². The Morgan fingerprint density at radius 2 is 2.00 bits per heavy atom. The summed E-state index contributed by atoms with van der Waals surface area (Å²) in [5, 5.41) is 9.61. The first-order valence-corrected chi connectivity index (χ1v) is 6.97. The fourth-order valence-corrected chi connectivity index (χ4v) is 2.07. The summed E-state index contributed by atoms with van der Waals surface area (Å²) in [7, 11) is 0. The van der Waals surface area contributed by atoms with Gasteiger partial charge in [-0.2, -0.15) is 18.2 Å². The maximum absolute atomic E-state index is 14.0. The molecule has 0 radical (unpaired) electrons. The molecule has 0 spiro atoms. The molecule has 1 heterocycles. The van der Waals surface area contributed by atoms with Gasteiger partial charge in [0.1, 0.15) is 11.6 Å². The van der Waals surface area contributed by atoms with Crippen molar-refractivity contribution in [1.29, 1.82) is 0 Å². The Hall–Kier alpha value is -2.10. The predicted octanol–water partition coefficient (Wildman–Crippen LogP) is 3.26. The van der Waals surface area contributed by atoms with Crippen LogP contribution in [0.1, 0.15) is 12.6 Å². The number of halogens is 5. The quantitative estimate of drug-likeness (QED) is 0.808. The summed E-state index contributed by atoms with van der Waals surface area (Å²) < 4.78 is 57.7. The molecule has 2 aromatic rings. The topological polar surface area (TPSA) is 64.3 Å². The third kappa shape index (κ3) is 3.46. The van der Waals surface area contributed by atoms with Crippen LogP contribution in [-0.4, -0.2) is 21.3 Å². The van der Waals surface area contributed by atoms with Gasteiger partial charge in [0.2, 0.25) is 0 Å². The molecule has 124 valence electrons. The van der Waals surface area contributed by atoms with E-state index in [2.05, 4.69) is 20.9 Å². The van der Waals surface area contributed by atoms with Crippen molar-refractivity contribution in [3.8, 4) is 17.4 Å². The Kier molecular flexibility index (Phi) is 4.64. The second-order valence-electron chi connectivity index (χ2n) is 4.28. The highest BCUT2D eigenvalue weighted by Crippen LogP contribution is 2.31. The van der Waals surface area contributed by atoms with Gasteiger partial charge in [-0.15, -0.1) is 0 Å². The number of phenols is 1. The number of aromatic nitrogens is 2. The van der Waals surface area contributed by atoms with Crippen LogP contribution in [0.15, 0.2) is 27.5 Å². The van der Waals surface area contributed by atoms with Crippen LogP contribution in [0.25, 0.3) is 5.69 Å². The van der Waals surface area contributed by atoms with Crippen molar-refractivity contribution in [3.05, 3.63) is 44.5 Å². The number of aromatic hydroxyl groups is 1. The molecule has 0 amide bonds. The third-order valence-electron chi connectivity index (χ3n) is 2.71. The van der Waals surface area contributed by atoms with Gasteiger partial charge < -0.3 is 9.84 Å². The fourth-order valence-electron chi connectivity index (χ4n) is 1.75. The molecule has 2 rings (SSSR count). The van der Waals surface area contributed by atoms with Crippen molar-refractivity contribution < 1.29 is 27.4 Å². The SMILES string of the molecule is CCOc1nc(C(F)(F)F)cc(=O)n1-c1cc(O)c(Br)cc1F. The highest BCUT2D eigenvalue weighted by molar-refractivity contribution is 9.10. The van der Waals surface area contributed by atoms with E-state index in [1.165, 1.54) is 6.92 Å². The summed E-state index contributed by atoms with van der Waals surface area (Å²) in [6.45, 7) is 1.37. The minimum atomic E-state index is -4.86. The normalized spacial score (nSPS) is 11.6. The van der Waals surface area contributed by atoms with Crippen LogP contribution in [0, 0.1) is 5.82 Å². The Balaban J connectivity index is 2.77. The number of nitrogens with zero attached hydrogens (tertiary/aromatic N) is 2. The molecular weight excluding hydrogens is 388 g/mol.